The summed E-state index contributed by atoms with van der Waals surface area (Å²) in [5.74, 6) is -0.506. The zero-order valence-corrected chi connectivity index (χ0v) is 23.5. The Hall–Kier alpha value is -3.65. The molecule has 0 spiro atoms. The molecule has 0 unspecified atom stereocenters. The molecule has 0 fully saturated rings. The summed E-state index contributed by atoms with van der Waals surface area (Å²) in [7, 11) is -4.08. The quantitative estimate of drug-likeness (QED) is 0.386. The highest BCUT2D eigenvalue weighted by Gasteiger charge is 2.33. The first kappa shape index (κ1) is 28.9. The van der Waals surface area contributed by atoms with Crippen LogP contribution in [0.3, 0.4) is 0 Å². The van der Waals surface area contributed by atoms with Crippen molar-refractivity contribution in [1.82, 2.24) is 10.2 Å². The van der Waals surface area contributed by atoms with E-state index >= 15 is 0 Å². The van der Waals surface area contributed by atoms with E-state index in [2.05, 4.69) is 5.32 Å². The van der Waals surface area contributed by atoms with Gasteiger partial charge in [0.2, 0.25) is 11.8 Å². The molecule has 0 saturated heterocycles. The maximum Gasteiger partial charge on any atom is 0.264 e. The molecule has 8 heteroatoms. The van der Waals surface area contributed by atoms with E-state index in [1.807, 2.05) is 70.2 Å². The average molecular weight is 536 g/mol. The number of carbonyl (C=O) groups excluding carboxylic acids is 2. The first-order chi connectivity index (χ1) is 18.0. The van der Waals surface area contributed by atoms with Gasteiger partial charge in [0.05, 0.1) is 10.6 Å². The summed E-state index contributed by atoms with van der Waals surface area (Å²) in [6.45, 7) is 9.55. The maximum atomic E-state index is 13.9. The molecule has 0 aromatic heterocycles. The molecule has 7 nitrogen and oxygen atoms in total. The Balaban J connectivity index is 2.03. The molecule has 0 aliphatic carbocycles. The number of benzene rings is 3. The molecule has 1 atom stereocenters. The Morgan fingerprint density at radius 3 is 2.08 bits per heavy atom. The van der Waals surface area contributed by atoms with Gasteiger partial charge >= 0.3 is 0 Å². The van der Waals surface area contributed by atoms with Crippen LogP contribution >= 0.6 is 0 Å². The number of sulfonamides is 1. The Bertz CT molecular complexity index is 1340. The standard InChI is InChI=1S/C30H37N3O4S/c1-22(2)19-31-30(35)25(5)32(20-26-12-8-6-9-13-26)29(34)21-33(28-18-23(3)16-17-24(28)4)38(36,37)27-14-10-7-11-15-27/h6-18,22,25H,19-21H2,1-5H3,(H,31,35)/t25-/m0/s1. The van der Waals surface area contributed by atoms with Crippen LogP contribution < -0.4 is 9.62 Å². The number of nitrogens with one attached hydrogen (secondary N) is 1. The van der Waals surface area contributed by atoms with Crippen molar-refractivity contribution in [2.45, 2.75) is 52.1 Å². The lowest BCUT2D eigenvalue weighted by Crippen LogP contribution is -2.51. The van der Waals surface area contributed by atoms with Crippen molar-refractivity contribution in [1.29, 1.82) is 0 Å². The average Bonchev–Trinajstić information content (AvgIpc) is 2.91. The summed E-state index contributed by atoms with van der Waals surface area (Å²) in [4.78, 5) is 28.5. The van der Waals surface area contributed by atoms with Gasteiger partial charge in [-0.15, -0.1) is 0 Å². The summed E-state index contributed by atoms with van der Waals surface area (Å²) in [5, 5.41) is 2.90. The van der Waals surface area contributed by atoms with Gasteiger partial charge < -0.3 is 10.2 Å². The van der Waals surface area contributed by atoms with E-state index < -0.39 is 28.5 Å². The lowest BCUT2D eigenvalue weighted by molar-refractivity contribution is -0.139. The monoisotopic (exact) mass is 535 g/mol. The van der Waals surface area contributed by atoms with Gasteiger partial charge in [-0.1, -0.05) is 74.5 Å². The summed E-state index contributed by atoms with van der Waals surface area (Å²) in [6.07, 6.45) is 0. The van der Waals surface area contributed by atoms with Gasteiger partial charge in [0.25, 0.3) is 10.0 Å². The summed E-state index contributed by atoms with van der Waals surface area (Å²) in [6, 6.07) is 22.1. The largest absolute Gasteiger partial charge is 0.354 e. The number of hydrogen-bond donors (Lipinski definition) is 1. The number of amides is 2. The molecule has 0 heterocycles. The third kappa shape index (κ3) is 7.22. The Kier molecular flexibility index (Phi) is 9.69. The van der Waals surface area contributed by atoms with Crippen LogP contribution in [0.25, 0.3) is 0 Å². The van der Waals surface area contributed by atoms with Gasteiger partial charge in [0.15, 0.2) is 0 Å². The van der Waals surface area contributed by atoms with E-state index in [1.54, 1.807) is 31.2 Å². The summed E-state index contributed by atoms with van der Waals surface area (Å²) < 4.78 is 28.9. The highest BCUT2D eigenvalue weighted by molar-refractivity contribution is 7.92. The molecule has 3 aromatic rings. The second-order valence-electron chi connectivity index (χ2n) is 9.94. The van der Waals surface area contributed by atoms with Crippen molar-refractivity contribution in [3.8, 4) is 0 Å². The Morgan fingerprint density at radius 1 is 0.868 bits per heavy atom. The van der Waals surface area contributed by atoms with E-state index in [4.69, 9.17) is 0 Å². The second-order valence-corrected chi connectivity index (χ2v) is 11.8. The van der Waals surface area contributed by atoms with Crippen LogP contribution in [0.4, 0.5) is 5.69 Å². The maximum absolute atomic E-state index is 13.9. The van der Waals surface area contributed by atoms with Crippen molar-refractivity contribution < 1.29 is 18.0 Å². The minimum Gasteiger partial charge on any atom is -0.354 e. The molecule has 0 bridgehead atoms. The molecule has 3 aromatic carbocycles. The first-order valence-corrected chi connectivity index (χ1v) is 14.2. The van der Waals surface area contributed by atoms with Crippen molar-refractivity contribution >= 4 is 27.5 Å². The topological polar surface area (TPSA) is 86.8 Å². The molecule has 0 aliphatic heterocycles. The lowest BCUT2D eigenvalue weighted by atomic mass is 10.1. The molecule has 3 rings (SSSR count). The van der Waals surface area contributed by atoms with Crippen molar-refractivity contribution in [2.24, 2.45) is 5.92 Å². The van der Waals surface area contributed by atoms with Crippen molar-refractivity contribution in [3.05, 3.63) is 95.6 Å². The summed E-state index contributed by atoms with van der Waals surface area (Å²) >= 11 is 0. The number of hydrogen-bond acceptors (Lipinski definition) is 4. The zero-order valence-electron chi connectivity index (χ0n) is 22.7. The number of anilines is 1. The number of aryl methyl sites for hydroxylation is 2. The van der Waals surface area contributed by atoms with Crippen molar-refractivity contribution in [3.63, 3.8) is 0 Å². The fourth-order valence-corrected chi connectivity index (χ4v) is 5.53. The fourth-order valence-electron chi connectivity index (χ4n) is 4.04. The predicted molar refractivity (Wildman–Crippen MR) is 151 cm³/mol. The van der Waals surface area contributed by atoms with Crippen LogP contribution in [0.2, 0.25) is 0 Å². The van der Waals surface area contributed by atoms with Gasteiger partial charge in [0.1, 0.15) is 12.6 Å². The molecule has 1 N–H and O–H groups in total. The molecule has 202 valence electrons. The normalized spacial score (nSPS) is 12.2. The molecule has 38 heavy (non-hydrogen) atoms. The van der Waals surface area contributed by atoms with Crippen molar-refractivity contribution in [2.75, 3.05) is 17.4 Å². The third-order valence-corrected chi connectivity index (χ3v) is 8.06. The Morgan fingerprint density at radius 2 is 1.47 bits per heavy atom. The molecule has 2 amide bonds. The molecule has 0 radical (unpaired) electrons. The van der Waals surface area contributed by atoms with E-state index in [0.717, 1.165) is 21.0 Å². The number of nitrogens with zero attached hydrogens (tertiary/aromatic N) is 2. The molecular weight excluding hydrogens is 498 g/mol. The zero-order chi connectivity index (χ0) is 27.9. The number of rotatable bonds is 11. The predicted octanol–water partition coefficient (Wildman–Crippen LogP) is 4.69. The van der Waals surface area contributed by atoms with Crippen LogP contribution in [-0.4, -0.2) is 44.3 Å². The smallest absolute Gasteiger partial charge is 0.264 e. The van der Waals surface area contributed by atoms with Crippen LogP contribution in [0.1, 0.15) is 37.5 Å². The van der Waals surface area contributed by atoms with Crippen LogP contribution in [0, 0.1) is 19.8 Å². The van der Waals surface area contributed by atoms with Gasteiger partial charge in [-0.05, 0) is 61.6 Å². The minimum atomic E-state index is -4.08. The minimum absolute atomic E-state index is 0.0889. The third-order valence-electron chi connectivity index (χ3n) is 6.29. The summed E-state index contributed by atoms with van der Waals surface area (Å²) in [5.41, 5.74) is 2.86. The molecule has 0 saturated carbocycles. The number of carbonyl (C=O) groups is 2. The van der Waals surface area contributed by atoms with Gasteiger partial charge in [-0.3, -0.25) is 13.9 Å². The highest BCUT2D eigenvalue weighted by atomic mass is 32.2. The Labute approximate surface area is 226 Å². The lowest BCUT2D eigenvalue weighted by Gasteiger charge is -2.32. The van der Waals surface area contributed by atoms with E-state index in [9.17, 15) is 18.0 Å². The van der Waals surface area contributed by atoms with Crippen LogP contribution in [0.5, 0.6) is 0 Å². The van der Waals surface area contributed by atoms with Crippen LogP contribution in [0.15, 0.2) is 83.8 Å². The SMILES string of the molecule is Cc1ccc(C)c(N(CC(=O)N(Cc2ccccc2)[C@@H](C)C(=O)NCC(C)C)S(=O)(=O)c2ccccc2)c1. The van der Waals surface area contributed by atoms with E-state index in [0.29, 0.717) is 12.2 Å². The van der Waals surface area contributed by atoms with Gasteiger partial charge in [-0.2, -0.15) is 0 Å². The fraction of sp³-hybridized carbons (Fsp3) is 0.333. The molecule has 0 aliphatic rings. The van der Waals surface area contributed by atoms with Gasteiger partial charge in [0, 0.05) is 13.1 Å². The first-order valence-electron chi connectivity index (χ1n) is 12.8. The second kappa shape index (κ2) is 12.7. The molecular formula is C30H37N3O4S. The van der Waals surface area contributed by atoms with E-state index in [-0.39, 0.29) is 23.3 Å². The highest BCUT2D eigenvalue weighted by Crippen LogP contribution is 2.28. The van der Waals surface area contributed by atoms with Crippen LogP contribution in [-0.2, 0) is 26.2 Å². The van der Waals surface area contributed by atoms with Gasteiger partial charge in [-0.25, -0.2) is 8.42 Å². The van der Waals surface area contributed by atoms with E-state index in [1.165, 1.54) is 17.0 Å².